The van der Waals surface area contributed by atoms with Gasteiger partial charge in [-0.05, 0) is 6.07 Å². The van der Waals surface area contributed by atoms with E-state index in [1.54, 1.807) is 0 Å². The lowest BCUT2D eigenvalue weighted by atomic mass is 10.1. The molecule has 1 aliphatic rings. The maximum Gasteiger partial charge on any atom is 0.351 e. The zero-order chi connectivity index (χ0) is 12.6. The number of halogens is 1. The Morgan fingerprint density at radius 3 is 2.63 bits per heavy atom. The number of nitrogens with zero attached hydrogens (tertiary/aromatic N) is 2. The molecular formula is C9H16FN3O6. The number of alkyl halides is 1. The van der Waals surface area contributed by atoms with Crippen molar-refractivity contribution < 1.29 is 30.3 Å². The van der Waals surface area contributed by atoms with E-state index >= 15 is 0 Å². The molecule has 2 rings (SSSR count). The van der Waals surface area contributed by atoms with Crippen molar-refractivity contribution in [3.05, 3.63) is 22.7 Å². The molecule has 0 radical (unpaired) electrons. The molecule has 4 atom stereocenters. The van der Waals surface area contributed by atoms with E-state index in [1.165, 1.54) is 12.3 Å². The van der Waals surface area contributed by atoms with Gasteiger partial charge < -0.3 is 31.6 Å². The van der Waals surface area contributed by atoms with Gasteiger partial charge in [0.25, 0.3) is 0 Å². The molecule has 8 N–H and O–H groups in total. The average molecular weight is 281 g/mol. The van der Waals surface area contributed by atoms with E-state index in [-0.39, 0.29) is 16.8 Å². The van der Waals surface area contributed by atoms with E-state index in [9.17, 15) is 14.3 Å². The molecule has 0 aliphatic carbocycles. The van der Waals surface area contributed by atoms with E-state index in [0.717, 1.165) is 4.57 Å². The van der Waals surface area contributed by atoms with E-state index in [1.807, 2.05) is 0 Å². The SMILES string of the molecule is Nc1ccn([C@@H]2O[C@H](CO)[C@@H](O)[C@H]2F)c(=O)n1.O.O. The van der Waals surface area contributed by atoms with Crippen LogP contribution in [0.25, 0.3) is 0 Å². The van der Waals surface area contributed by atoms with Crippen molar-refractivity contribution in [3.63, 3.8) is 0 Å². The normalized spacial score (nSPS) is 29.4. The number of nitrogen functional groups attached to an aromatic ring is 1. The summed E-state index contributed by atoms with van der Waals surface area (Å²) >= 11 is 0. The molecule has 0 bridgehead atoms. The zero-order valence-corrected chi connectivity index (χ0v) is 9.73. The summed E-state index contributed by atoms with van der Waals surface area (Å²) < 4.78 is 19.6. The van der Waals surface area contributed by atoms with Crippen LogP contribution >= 0.6 is 0 Å². The van der Waals surface area contributed by atoms with Crippen LogP contribution in [0.15, 0.2) is 17.1 Å². The number of aliphatic hydroxyl groups is 2. The smallest absolute Gasteiger partial charge is 0.351 e. The number of anilines is 1. The summed E-state index contributed by atoms with van der Waals surface area (Å²) in [6.07, 6.45) is -4.42. The van der Waals surface area contributed by atoms with Crippen LogP contribution in [0.4, 0.5) is 10.2 Å². The van der Waals surface area contributed by atoms with Crippen molar-refractivity contribution in [2.75, 3.05) is 12.3 Å². The molecule has 0 amide bonds. The number of ether oxygens (including phenoxy) is 1. The van der Waals surface area contributed by atoms with Crippen LogP contribution in [0.5, 0.6) is 0 Å². The lowest BCUT2D eigenvalue weighted by Crippen LogP contribution is -2.33. The molecule has 1 aliphatic heterocycles. The predicted molar refractivity (Wildman–Crippen MR) is 62.0 cm³/mol. The van der Waals surface area contributed by atoms with Gasteiger partial charge in [0, 0.05) is 6.20 Å². The van der Waals surface area contributed by atoms with Gasteiger partial charge in [0.2, 0.25) is 0 Å². The minimum atomic E-state index is -1.81. The second-order valence-corrected chi connectivity index (χ2v) is 3.72. The number of nitrogens with two attached hydrogens (primary N) is 1. The topological polar surface area (TPSA) is 174 Å². The van der Waals surface area contributed by atoms with Crippen LogP contribution in [0.2, 0.25) is 0 Å². The first-order valence-electron chi connectivity index (χ1n) is 4.97. The van der Waals surface area contributed by atoms with Crippen LogP contribution in [-0.2, 0) is 4.74 Å². The minimum absolute atomic E-state index is 0. The maximum absolute atomic E-state index is 13.7. The van der Waals surface area contributed by atoms with E-state index in [0.29, 0.717) is 0 Å². The van der Waals surface area contributed by atoms with Crippen molar-refractivity contribution in [2.24, 2.45) is 0 Å². The number of hydrogen-bond acceptors (Lipinski definition) is 6. The molecule has 9 nitrogen and oxygen atoms in total. The van der Waals surface area contributed by atoms with Gasteiger partial charge in [0.05, 0.1) is 6.61 Å². The second-order valence-electron chi connectivity index (χ2n) is 3.72. The molecule has 10 heteroatoms. The highest BCUT2D eigenvalue weighted by Crippen LogP contribution is 2.30. The van der Waals surface area contributed by atoms with Crippen LogP contribution in [0.1, 0.15) is 6.23 Å². The number of rotatable bonds is 2. The highest BCUT2D eigenvalue weighted by molar-refractivity contribution is 5.23. The molecule has 0 saturated carbocycles. The van der Waals surface area contributed by atoms with Gasteiger partial charge in [0.15, 0.2) is 12.4 Å². The van der Waals surface area contributed by atoms with Crippen LogP contribution in [-0.4, -0.2) is 55.7 Å². The number of aromatic nitrogens is 2. The van der Waals surface area contributed by atoms with Crippen LogP contribution in [0.3, 0.4) is 0 Å². The Kier molecular flexibility index (Phi) is 5.99. The quantitative estimate of drug-likeness (QED) is 0.513. The standard InChI is InChI=1S/C9H12FN3O4.2H2O/c10-6-7(15)4(3-14)17-8(6)13-2-1-5(11)12-9(13)16;;/h1-2,4,6-8,14-15H,3H2,(H2,11,12,16);2*1H2/t4-,6-,7-,8-;;/m1../s1. The van der Waals surface area contributed by atoms with Gasteiger partial charge in [-0.1, -0.05) is 0 Å². The third-order valence-corrected chi connectivity index (χ3v) is 2.60. The fraction of sp³-hybridized carbons (Fsp3) is 0.556. The minimum Gasteiger partial charge on any atom is -0.412 e. The van der Waals surface area contributed by atoms with E-state index in [4.69, 9.17) is 15.6 Å². The Morgan fingerprint density at radius 2 is 2.16 bits per heavy atom. The summed E-state index contributed by atoms with van der Waals surface area (Å²) in [4.78, 5) is 14.9. The van der Waals surface area contributed by atoms with Crippen molar-refractivity contribution >= 4 is 5.82 Å². The molecule has 110 valence electrons. The Balaban J connectivity index is 0.00000162. The van der Waals surface area contributed by atoms with Gasteiger partial charge in [-0.15, -0.1) is 0 Å². The summed E-state index contributed by atoms with van der Waals surface area (Å²) in [7, 11) is 0. The number of aliphatic hydroxyl groups excluding tert-OH is 2. The molecule has 19 heavy (non-hydrogen) atoms. The summed E-state index contributed by atoms with van der Waals surface area (Å²) in [6, 6.07) is 1.32. The first kappa shape index (κ1) is 17.4. The largest absolute Gasteiger partial charge is 0.412 e. The summed E-state index contributed by atoms with van der Waals surface area (Å²) in [5, 5.41) is 18.3. The van der Waals surface area contributed by atoms with Gasteiger partial charge in [-0.3, -0.25) is 4.57 Å². The summed E-state index contributed by atoms with van der Waals surface area (Å²) in [6.45, 7) is -0.533. The first-order chi connectivity index (χ1) is 8.04. The van der Waals surface area contributed by atoms with E-state index in [2.05, 4.69) is 4.98 Å². The Bertz CT molecular complexity index is 470. The molecule has 1 aromatic rings. The van der Waals surface area contributed by atoms with Crippen LogP contribution in [0, 0.1) is 0 Å². The van der Waals surface area contributed by atoms with Gasteiger partial charge in [-0.25, -0.2) is 9.18 Å². The second kappa shape index (κ2) is 6.54. The zero-order valence-electron chi connectivity index (χ0n) is 9.73. The van der Waals surface area contributed by atoms with Gasteiger partial charge in [-0.2, -0.15) is 4.98 Å². The van der Waals surface area contributed by atoms with Gasteiger partial charge >= 0.3 is 5.69 Å². The highest BCUT2D eigenvalue weighted by atomic mass is 19.1. The summed E-state index contributed by atoms with van der Waals surface area (Å²) in [5.74, 6) is 0.0129. The van der Waals surface area contributed by atoms with Crippen molar-refractivity contribution in [2.45, 2.75) is 24.6 Å². The summed E-state index contributed by atoms with van der Waals surface area (Å²) in [5.41, 5.74) is 4.52. The Hall–Kier alpha value is -1.59. The maximum atomic E-state index is 13.7. The molecule has 0 aromatic carbocycles. The van der Waals surface area contributed by atoms with Crippen molar-refractivity contribution in [3.8, 4) is 0 Å². The molecular weight excluding hydrogens is 265 g/mol. The molecule has 0 unspecified atom stereocenters. The third kappa shape index (κ3) is 3.05. The number of hydrogen-bond donors (Lipinski definition) is 3. The van der Waals surface area contributed by atoms with Crippen LogP contribution < -0.4 is 11.4 Å². The predicted octanol–water partition coefficient (Wildman–Crippen LogP) is -3.24. The average Bonchev–Trinajstić information content (AvgIpc) is 2.57. The molecule has 1 saturated heterocycles. The van der Waals surface area contributed by atoms with Gasteiger partial charge in [0.1, 0.15) is 18.0 Å². The molecule has 1 fully saturated rings. The molecule has 1 aromatic heterocycles. The highest BCUT2D eigenvalue weighted by Gasteiger charge is 2.45. The Morgan fingerprint density at radius 1 is 1.53 bits per heavy atom. The lowest BCUT2D eigenvalue weighted by molar-refractivity contribution is -0.0490. The van der Waals surface area contributed by atoms with Crippen molar-refractivity contribution in [1.29, 1.82) is 0 Å². The monoisotopic (exact) mass is 281 g/mol. The molecule has 2 heterocycles. The van der Waals surface area contributed by atoms with E-state index < -0.39 is 36.9 Å². The Labute approximate surface area is 106 Å². The third-order valence-electron chi connectivity index (χ3n) is 2.60. The molecule has 0 spiro atoms. The fourth-order valence-electron chi connectivity index (χ4n) is 1.70. The first-order valence-corrected chi connectivity index (χ1v) is 4.97. The lowest BCUT2D eigenvalue weighted by Gasteiger charge is -2.15. The van der Waals surface area contributed by atoms with Crippen molar-refractivity contribution in [1.82, 2.24) is 9.55 Å². The fourth-order valence-corrected chi connectivity index (χ4v) is 1.70.